The zero-order valence-corrected chi connectivity index (χ0v) is 31.6. The maximum Gasteiger partial charge on any atom is 0.240 e. The van der Waals surface area contributed by atoms with Gasteiger partial charge >= 0.3 is 0 Å². The largest absolute Gasteiger partial charge is 0.473 e. The minimum atomic E-state index is -3.55. The van der Waals surface area contributed by atoms with Crippen molar-refractivity contribution in [3.8, 4) is 0 Å². The van der Waals surface area contributed by atoms with Crippen molar-refractivity contribution in [2.24, 2.45) is 0 Å². The summed E-state index contributed by atoms with van der Waals surface area (Å²) >= 11 is 0. The van der Waals surface area contributed by atoms with Crippen molar-refractivity contribution >= 4 is 38.9 Å². The number of likely N-dealkylation sites (N-methyl/N-ethyl adjacent to an activating group) is 1. The molecule has 1 aromatic heterocycles. The van der Waals surface area contributed by atoms with Crippen LogP contribution < -0.4 is 14.5 Å². The van der Waals surface area contributed by atoms with Gasteiger partial charge in [0.2, 0.25) is 10.0 Å². The average molecular weight is 1010 g/mol. The van der Waals surface area contributed by atoms with Crippen LogP contribution in [0.2, 0.25) is 0 Å². The van der Waals surface area contributed by atoms with Crippen LogP contribution in [0.3, 0.4) is 0 Å². The molecule has 3 aromatic rings. The third-order valence-corrected chi connectivity index (χ3v) is 7.03. The summed E-state index contributed by atoms with van der Waals surface area (Å²) in [5.41, 5.74) is 2.62. The summed E-state index contributed by atoms with van der Waals surface area (Å²) in [5, 5.41) is 4.43. The first-order chi connectivity index (χ1) is 16.9. The zero-order valence-electron chi connectivity index (χ0n) is 22.6. The Labute approximate surface area is 303 Å². The molecular weight excluding hydrogens is 977 g/mol. The van der Waals surface area contributed by atoms with Crippen LogP contribution in [0.5, 0.6) is 0 Å². The van der Waals surface area contributed by atoms with Crippen LogP contribution in [0.15, 0.2) is 59.6 Å². The molecule has 0 aliphatic carbocycles. The number of piperazine rings is 1. The first-order valence-electron chi connectivity index (χ1n) is 11.6. The van der Waals surface area contributed by atoms with Crippen molar-refractivity contribution in [1.82, 2.24) is 19.6 Å². The molecule has 0 bridgehead atoms. The van der Waals surface area contributed by atoms with E-state index in [1.807, 2.05) is 25.8 Å². The molecule has 0 spiro atoms. The molecule has 1 aliphatic heterocycles. The molecule has 0 atom stereocenters. The second-order valence-electron chi connectivity index (χ2n) is 7.82. The Kier molecular flexibility index (Phi) is 23.9. The van der Waals surface area contributed by atoms with Crippen LogP contribution in [0.25, 0.3) is 5.32 Å². The van der Waals surface area contributed by atoms with Gasteiger partial charge in [0.15, 0.2) is 0 Å². The van der Waals surface area contributed by atoms with E-state index in [2.05, 4.69) is 67.2 Å². The maximum absolute atomic E-state index is 12.0. The number of nitrogens with zero attached hydrogens (tertiary/aromatic N) is 6. The Morgan fingerprint density at radius 1 is 0.950 bits per heavy atom. The van der Waals surface area contributed by atoms with Crippen molar-refractivity contribution in [3.05, 3.63) is 66.1 Å². The molecule has 0 unspecified atom stereocenters. The molecule has 1 saturated heterocycles. The second kappa shape index (κ2) is 21.6. The summed E-state index contributed by atoms with van der Waals surface area (Å²) in [7, 11) is 1.86. The van der Waals surface area contributed by atoms with E-state index < -0.39 is 10.0 Å². The van der Waals surface area contributed by atoms with Gasteiger partial charge in [-0.15, -0.1) is 0 Å². The third-order valence-electron chi connectivity index (χ3n) is 5.62. The molecule has 1 fully saturated rings. The van der Waals surface area contributed by atoms with Crippen LogP contribution in [-0.2, 0) is 107 Å². The van der Waals surface area contributed by atoms with E-state index in [0.29, 0.717) is 17.5 Å². The van der Waals surface area contributed by atoms with Gasteiger partial charge in [-0.2, -0.15) is 6.20 Å². The Bertz CT molecular complexity index is 1220. The van der Waals surface area contributed by atoms with Crippen LogP contribution in [0.1, 0.15) is 13.8 Å². The summed E-state index contributed by atoms with van der Waals surface area (Å²) in [6.07, 6.45) is 1.52. The SMILES string of the molecule is CC.CNS(=O)(=O)c1cccc([N-]c2[c-]cnc(N(C)c3ccc(N4CCN(C)CC4)cc3)n2)c1.[Rh].[Rh].[Rh].[Rh].[Rh]. The number of hydrogen-bond acceptors (Lipinski definition) is 7. The minimum Gasteiger partial charge on any atom is -0.473 e. The summed E-state index contributed by atoms with van der Waals surface area (Å²) in [6, 6.07) is 17.6. The molecule has 0 saturated carbocycles. The van der Waals surface area contributed by atoms with Crippen molar-refractivity contribution < 1.29 is 106 Å². The number of hydrogen-bond donors (Lipinski definition) is 1. The molecule has 1 aliphatic rings. The fraction of sp³-hybridized carbons (Fsp3) is 0.360. The van der Waals surface area contributed by atoms with E-state index in [1.165, 1.54) is 31.1 Å². The topological polar surface area (TPSA) is 95.8 Å². The van der Waals surface area contributed by atoms with Gasteiger partial charge in [0.1, 0.15) is 5.95 Å². The van der Waals surface area contributed by atoms with Gasteiger partial charge in [-0.3, -0.25) is 4.98 Å². The molecule has 4 rings (SSSR count). The number of anilines is 3. The van der Waals surface area contributed by atoms with E-state index in [-0.39, 0.29) is 102 Å². The van der Waals surface area contributed by atoms with E-state index in [1.54, 1.807) is 12.1 Å². The number of rotatable bonds is 7. The van der Waals surface area contributed by atoms with Crippen LogP contribution in [0, 0.1) is 6.07 Å². The summed E-state index contributed by atoms with van der Waals surface area (Å²) in [4.78, 5) is 15.5. The first kappa shape index (κ1) is 44.3. The van der Waals surface area contributed by atoms with Gasteiger partial charge in [0, 0.05) is 142 Å². The fourth-order valence-corrected chi connectivity index (χ4v) is 4.32. The van der Waals surface area contributed by atoms with Gasteiger partial charge in [-0.05, 0) is 56.2 Å². The zero-order chi connectivity index (χ0) is 25.4. The van der Waals surface area contributed by atoms with Gasteiger partial charge in [0.05, 0.1) is 4.90 Å². The van der Waals surface area contributed by atoms with Gasteiger partial charge in [-0.1, -0.05) is 26.0 Å². The van der Waals surface area contributed by atoms with Crippen LogP contribution in [0.4, 0.5) is 28.8 Å². The average Bonchev–Trinajstić information content (AvgIpc) is 2.90. The van der Waals surface area contributed by atoms with E-state index in [9.17, 15) is 8.42 Å². The molecular formula is C25H33N7O2Rh5S-2. The summed E-state index contributed by atoms with van der Waals surface area (Å²) in [5.74, 6) is 0.791. The number of aromatic nitrogens is 2. The minimum absolute atomic E-state index is 0. The quantitative estimate of drug-likeness (QED) is 0.282. The van der Waals surface area contributed by atoms with Crippen molar-refractivity contribution in [2.75, 3.05) is 57.1 Å². The Morgan fingerprint density at radius 2 is 1.55 bits per heavy atom. The number of sulfonamides is 1. The Hall–Kier alpha value is -0.0931. The predicted molar refractivity (Wildman–Crippen MR) is 142 cm³/mol. The van der Waals surface area contributed by atoms with Gasteiger partial charge in [-0.25, -0.2) is 19.0 Å². The van der Waals surface area contributed by atoms with Crippen LogP contribution in [-0.4, -0.2) is 70.6 Å². The summed E-state index contributed by atoms with van der Waals surface area (Å²) < 4.78 is 26.4. The molecule has 233 valence electrons. The number of benzene rings is 2. The van der Waals surface area contributed by atoms with E-state index >= 15 is 0 Å². The van der Waals surface area contributed by atoms with E-state index in [4.69, 9.17) is 0 Å². The Morgan fingerprint density at radius 3 is 2.12 bits per heavy atom. The molecule has 40 heavy (non-hydrogen) atoms. The van der Waals surface area contributed by atoms with E-state index in [0.717, 1.165) is 31.9 Å². The fourth-order valence-electron chi connectivity index (χ4n) is 3.55. The molecule has 9 nitrogen and oxygen atoms in total. The monoisotopic (exact) mass is 1010 g/mol. The van der Waals surface area contributed by atoms with Gasteiger partial charge < -0.3 is 31.1 Å². The smallest absolute Gasteiger partial charge is 0.240 e. The standard InChI is InChI=1S/C23H27N7O2S.C2H6.5Rh/c1-24-33(31,32)21-6-4-5-18(17-21)26-22-11-12-25-23(27-22)29(3)19-7-9-20(10-8-19)30-15-13-28(2)14-16-30;1-2;;;;;/h4-10,12,17,24H,13-16H2,1-3H3;1-2H3;;;;;/q-2;;;;;;. The molecule has 2 aromatic carbocycles. The maximum atomic E-state index is 12.0. The van der Waals surface area contributed by atoms with Crippen molar-refractivity contribution in [1.29, 1.82) is 0 Å². The predicted octanol–water partition coefficient (Wildman–Crippen LogP) is 4.06. The molecule has 2 heterocycles. The van der Waals surface area contributed by atoms with Crippen LogP contribution >= 0.6 is 0 Å². The molecule has 1 N–H and O–H groups in total. The number of nitrogens with one attached hydrogen (secondary N) is 1. The normalized spacial score (nSPS) is 12.4. The molecule has 15 heteroatoms. The second-order valence-corrected chi connectivity index (χ2v) is 9.71. The summed E-state index contributed by atoms with van der Waals surface area (Å²) in [6.45, 7) is 8.16. The Balaban J connectivity index is -0.00000191. The molecule has 5 radical (unpaired) electrons. The molecule has 0 amide bonds. The van der Waals surface area contributed by atoms with Gasteiger partial charge in [0.25, 0.3) is 0 Å². The third kappa shape index (κ3) is 12.3. The van der Waals surface area contributed by atoms with Crippen molar-refractivity contribution in [3.63, 3.8) is 0 Å². The first-order valence-corrected chi connectivity index (χ1v) is 13.1. The van der Waals surface area contributed by atoms with Crippen molar-refractivity contribution in [2.45, 2.75) is 18.7 Å².